The lowest BCUT2D eigenvalue weighted by molar-refractivity contribution is 0.602. The van der Waals surface area contributed by atoms with E-state index >= 15 is 0 Å². The van der Waals surface area contributed by atoms with Crippen LogP contribution in [0.15, 0.2) is 12.7 Å². The Kier molecular flexibility index (Phi) is 4.44. The van der Waals surface area contributed by atoms with Crippen LogP contribution < -0.4 is 10.2 Å². The molecule has 1 atom stereocenters. The number of anilines is 2. The highest BCUT2D eigenvalue weighted by atomic mass is 15.4. The first-order chi connectivity index (χ1) is 9.65. The molecule has 0 aliphatic heterocycles. The van der Waals surface area contributed by atoms with Crippen molar-refractivity contribution in [2.24, 2.45) is 0 Å². The Labute approximate surface area is 118 Å². The number of hydrogen-bond acceptors (Lipinski definition) is 7. The minimum Gasteiger partial charge on any atom is -0.357 e. The molecule has 2 aromatic heterocycles. The monoisotopic (exact) mass is 276 g/mol. The van der Waals surface area contributed by atoms with Gasteiger partial charge in [0.2, 0.25) is 11.9 Å². The van der Waals surface area contributed by atoms with Gasteiger partial charge >= 0.3 is 0 Å². The van der Waals surface area contributed by atoms with Crippen LogP contribution in [0.2, 0.25) is 0 Å². The maximum Gasteiger partial charge on any atom is 0.258 e. The van der Waals surface area contributed by atoms with Crippen molar-refractivity contribution in [1.82, 2.24) is 29.7 Å². The van der Waals surface area contributed by atoms with Gasteiger partial charge in [0.25, 0.3) is 5.95 Å². The van der Waals surface area contributed by atoms with Crippen molar-refractivity contribution < 1.29 is 0 Å². The summed E-state index contributed by atoms with van der Waals surface area (Å²) in [5.74, 6) is 1.58. The number of nitrogens with zero attached hydrogens (tertiary/aromatic N) is 7. The summed E-state index contributed by atoms with van der Waals surface area (Å²) in [5.41, 5.74) is 0. The third kappa shape index (κ3) is 3.01. The van der Waals surface area contributed by atoms with E-state index in [1.54, 1.807) is 13.4 Å². The number of aromatic nitrogens is 6. The molecule has 8 nitrogen and oxygen atoms in total. The molecular weight excluding hydrogens is 256 g/mol. The van der Waals surface area contributed by atoms with Crippen LogP contribution in [0.3, 0.4) is 0 Å². The second kappa shape index (κ2) is 6.27. The van der Waals surface area contributed by atoms with Gasteiger partial charge in [-0.15, -0.1) is 0 Å². The normalized spacial score (nSPS) is 12.2. The number of hydrogen-bond donors (Lipinski definition) is 1. The molecule has 0 bridgehead atoms. The lowest BCUT2D eigenvalue weighted by atomic mass is 10.2. The van der Waals surface area contributed by atoms with Gasteiger partial charge in [-0.1, -0.05) is 13.3 Å². The zero-order chi connectivity index (χ0) is 14.5. The summed E-state index contributed by atoms with van der Waals surface area (Å²) in [5, 5.41) is 7.00. The molecule has 2 heterocycles. The topological polar surface area (TPSA) is 84.7 Å². The summed E-state index contributed by atoms with van der Waals surface area (Å²) in [6.07, 6.45) is 5.21. The Morgan fingerprint density at radius 2 is 2.15 bits per heavy atom. The van der Waals surface area contributed by atoms with Gasteiger partial charge in [0, 0.05) is 20.1 Å². The molecule has 0 aliphatic carbocycles. The van der Waals surface area contributed by atoms with Crippen LogP contribution in [0.25, 0.3) is 5.95 Å². The van der Waals surface area contributed by atoms with Crippen molar-refractivity contribution in [1.29, 1.82) is 0 Å². The van der Waals surface area contributed by atoms with Gasteiger partial charge < -0.3 is 10.2 Å². The van der Waals surface area contributed by atoms with E-state index in [1.807, 2.05) is 11.9 Å². The Balaban J connectivity index is 2.35. The molecule has 0 radical (unpaired) electrons. The van der Waals surface area contributed by atoms with Crippen molar-refractivity contribution in [3.63, 3.8) is 0 Å². The molecule has 0 fully saturated rings. The van der Waals surface area contributed by atoms with E-state index in [-0.39, 0.29) is 0 Å². The minimum absolute atomic E-state index is 0.357. The SMILES string of the molecule is CCCC(C)N(C)c1nc(NC)nc(-n2cncn2)n1. The van der Waals surface area contributed by atoms with E-state index in [9.17, 15) is 0 Å². The Hall–Kier alpha value is -2.25. The molecule has 2 aromatic rings. The molecule has 8 heteroatoms. The molecule has 2 rings (SSSR count). The lowest BCUT2D eigenvalue weighted by Crippen LogP contribution is -2.31. The van der Waals surface area contributed by atoms with Gasteiger partial charge in [-0.25, -0.2) is 4.98 Å². The first-order valence-corrected chi connectivity index (χ1v) is 6.67. The van der Waals surface area contributed by atoms with E-state index in [2.05, 4.69) is 44.2 Å². The maximum atomic E-state index is 4.45. The van der Waals surface area contributed by atoms with Gasteiger partial charge in [0.05, 0.1) is 0 Å². The second-order valence-corrected chi connectivity index (χ2v) is 4.60. The van der Waals surface area contributed by atoms with Crippen molar-refractivity contribution >= 4 is 11.9 Å². The molecule has 20 heavy (non-hydrogen) atoms. The highest BCUT2D eigenvalue weighted by Crippen LogP contribution is 2.15. The molecule has 108 valence electrons. The zero-order valence-electron chi connectivity index (χ0n) is 12.3. The smallest absolute Gasteiger partial charge is 0.258 e. The maximum absolute atomic E-state index is 4.45. The van der Waals surface area contributed by atoms with Crippen LogP contribution in [0.1, 0.15) is 26.7 Å². The highest BCUT2D eigenvalue weighted by Gasteiger charge is 2.15. The Morgan fingerprint density at radius 3 is 2.75 bits per heavy atom. The van der Waals surface area contributed by atoms with Crippen molar-refractivity contribution in [2.75, 3.05) is 24.3 Å². The average molecular weight is 276 g/mol. The lowest BCUT2D eigenvalue weighted by Gasteiger charge is -2.24. The average Bonchev–Trinajstić information content (AvgIpc) is 3.00. The fourth-order valence-electron chi connectivity index (χ4n) is 1.85. The second-order valence-electron chi connectivity index (χ2n) is 4.60. The van der Waals surface area contributed by atoms with E-state index < -0.39 is 0 Å². The van der Waals surface area contributed by atoms with Gasteiger partial charge in [0.15, 0.2) is 0 Å². The van der Waals surface area contributed by atoms with Crippen molar-refractivity contribution in [2.45, 2.75) is 32.7 Å². The minimum atomic E-state index is 0.357. The van der Waals surface area contributed by atoms with Crippen LogP contribution in [0.5, 0.6) is 0 Å². The van der Waals surface area contributed by atoms with E-state index in [0.717, 1.165) is 12.8 Å². The molecule has 0 saturated heterocycles. The molecule has 0 spiro atoms. The van der Waals surface area contributed by atoms with Crippen molar-refractivity contribution in [3.05, 3.63) is 12.7 Å². The summed E-state index contributed by atoms with van der Waals surface area (Å²) in [6.45, 7) is 4.32. The van der Waals surface area contributed by atoms with Gasteiger partial charge in [0.1, 0.15) is 12.7 Å². The predicted molar refractivity (Wildman–Crippen MR) is 77.1 cm³/mol. The van der Waals surface area contributed by atoms with Crippen LogP contribution in [-0.2, 0) is 0 Å². The van der Waals surface area contributed by atoms with Gasteiger partial charge in [-0.3, -0.25) is 0 Å². The first kappa shape index (κ1) is 14.2. The fraction of sp³-hybridized carbons (Fsp3) is 0.583. The molecule has 0 aliphatic rings. The summed E-state index contributed by atoms with van der Waals surface area (Å²) < 4.78 is 1.52. The molecule has 0 aromatic carbocycles. The molecular formula is C12H20N8. The van der Waals surface area contributed by atoms with E-state index in [0.29, 0.717) is 23.9 Å². The highest BCUT2D eigenvalue weighted by molar-refractivity contribution is 5.39. The number of nitrogens with one attached hydrogen (secondary N) is 1. The van der Waals surface area contributed by atoms with Gasteiger partial charge in [-0.05, 0) is 13.3 Å². The zero-order valence-corrected chi connectivity index (χ0v) is 12.3. The van der Waals surface area contributed by atoms with Crippen molar-refractivity contribution in [3.8, 4) is 5.95 Å². The third-order valence-electron chi connectivity index (χ3n) is 3.14. The van der Waals surface area contributed by atoms with Crippen LogP contribution in [0, 0.1) is 0 Å². The van der Waals surface area contributed by atoms with Crippen LogP contribution >= 0.6 is 0 Å². The third-order valence-corrected chi connectivity index (χ3v) is 3.14. The van der Waals surface area contributed by atoms with Crippen LogP contribution in [-0.4, -0.2) is 49.9 Å². The molecule has 1 unspecified atom stereocenters. The Bertz CT molecular complexity index is 538. The Morgan fingerprint density at radius 1 is 1.35 bits per heavy atom. The van der Waals surface area contributed by atoms with Crippen LogP contribution in [0.4, 0.5) is 11.9 Å². The van der Waals surface area contributed by atoms with E-state index in [1.165, 1.54) is 11.0 Å². The predicted octanol–water partition coefficient (Wildman–Crippen LogP) is 1.12. The number of rotatable bonds is 6. The molecule has 1 N–H and O–H groups in total. The first-order valence-electron chi connectivity index (χ1n) is 6.67. The summed E-state index contributed by atoms with van der Waals surface area (Å²) in [4.78, 5) is 19.1. The summed E-state index contributed by atoms with van der Waals surface area (Å²) in [7, 11) is 3.76. The summed E-state index contributed by atoms with van der Waals surface area (Å²) >= 11 is 0. The molecule has 0 saturated carbocycles. The largest absolute Gasteiger partial charge is 0.357 e. The van der Waals surface area contributed by atoms with Gasteiger partial charge in [-0.2, -0.15) is 24.7 Å². The molecule has 0 amide bonds. The standard InChI is InChI=1S/C12H20N8/c1-5-6-9(2)19(4)11-16-10(13-3)17-12(18-11)20-8-14-7-15-20/h7-9H,5-6H2,1-4H3,(H,13,16,17,18). The fourth-order valence-corrected chi connectivity index (χ4v) is 1.85. The summed E-state index contributed by atoms with van der Waals surface area (Å²) in [6, 6.07) is 0.357. The van der Waals surface area contributed by atoms with E-state index in [4.69, 9.17) is 0 Å². The quantitative estimate of drug-likeness (QED) is 0.846.